The van der Waals surface area contributed by atoms with Crippen molar-refractivity contribution in [2.24, 2.45) is 0 Å². The summed E-state index contributed by atoms with van der Waals surface area (Å²) in [6, 6.07) is 12.7. The van der Waals surface area contributed by atoms with Gasteiger partial charge in [0.2, 0.25) is 0 Å². The first-order valence-electron chi connectivity index (χ1n) is 6.42. The summed E-state index contributed by atoms with van der Waals surface area (Å²) in [5, 5.41) is 20.2. The molecule has 0 saturated heterocycles. The number of benzene rings is 1. The van der Waals surface area contributed by atoms with Gasteiger partial charge in [-0.1, -0.05) is 24.3 Å². The Bertz CT molecular complexity index is 630. The van der Waals surface area contributed by atoms with Gasteiger partial charge in [-0.15, -0.1) is 5.10 Å². The summed E-state index contributed by atoms with van der Waals surface area (Å²) in [4.78, 5) is 0. The lowest BCUT2D eigenvalue weighted by Crippen LogP contribution is -2.28. The molecule has 3 rings (SSSR count). The van der Waals surface area contributed by atoms with E-state index >= 15 is 0 Å². The average Bonchev–Trinajstić information content (AvgIpc) is 2.48. The van der Waals surface area contributed by atoms with Gasteiger partial charge in [-0.2, -0.15) is 10.4 Å². The summed E-state index contributed by atoms with van der Waals surface area (Å²) >= 11 is 0. The summed E-state index contributed by atoms with van der Waals surface area (Å²) < 4.78 is 0. The number of nitriles is 1. The maximum atomic E-state index is 9.05. The van der Waals surface area contributed by atoms with Gasteiger partial charge in [-0.25, -0.2) is 0 Å². The normalized spacial score (nSPS) is 17.3. The highest BCUT2D eigenvalue weighted by Gasteiger charge is 2.19. The molecule has 1 atom stereocenters. The van der Waals surface area contributed by atoms with Gasteiger partial charge >= 0.3 is 0 Å². The van der Waals surface area contributed by atoms with Gasteiger partial charge in [0.15, 0.2) is 5.82 Å². The van der Waals surface area contributed by atoms with Crippen molar-refractivity contribution < 1.29 is 0 Å². The van der Waals surface area contributed by atoms with Crippen LogP contribution in [-0.2, 0) is 12.8 Å². The SMILES string of the molecule is N#Cc1ccnnc1NC1CCc2ccccc2C1. The van der Waals surface area contributed by atoms with Crippen LogP contribution >= 0.6 is 0 Å². The maximum absolute atomic E-state index is 9.05. The molecule has 1 N–H and O–H groups in total. The van der Waals surface area contributed by atoms with Crippen LogP contribution in [0.4, 0.5) is 5.82 Å². The quantitative estimate of drug-likeness (QED) is 0.888. The predicted molar refractivity (Wildman–Crippen MR) is 72.6 cm³/mol. The molecular weight excluding hydrogens is 236 g/mol. The Kier molecular flexibility index (Phi) is 3.11. The first-order chi connectivity index (χ1) is 9.36. The molecular formula is C15H14N4. The first-order valence-corrected chi connectivity index (χ1v) is 6.42. The van der Waals surface area contributed by atoms with Gasteiger partial charge in [-0.05, 0) is 36.5 Å². The van der Waals surface area contributed by atoms with E-state index in [-0.39, 0.29) is 0 Å². The molecule has 1 aromatic heterocycles. The summed E-state index contributed by atoms with van der Waals surface area (Å²) in [6.07, 6.45) is 4.63. The third kappa shape index (κ3) is 2.41. The van der Waals surface area contributed by atoms with Crippen LogP contribution in [0.1, 0.15) is 23.1 Å². The average molecular weight is 250 g/mol. The second-order valence-corrected chi connectivity index (χ2v) is 4.76. The van der Waals surface area contributed by atoms with Gasteiger partial charge in [0.25, 0.3) is 0 Å². The van der Waals surface area contributed by atoms with E-state index < -0.39 is 0 Å². The Morgan fingerprint density at radius 2 is 2.05 bits per heavy atom. The molecule has 1 aromatic carbocycles. The Morgan fingerprint density at radius 1 is 1.21 bits per heavy atom. The smallest absolute Gasteiger partial charge is 0.166 e. The zero-order valence-corrected chi connectivity index (χ0v) is 10.5. The first kappa shape index (κ1) is 11.7. The molecule has 1 unspecified atom stereocenters. The van der Waals surface area contributed by atoms with E-state index in [0.717, 1.165) is 19.3 Å². The molecule has 0 spiro atoms. The zero-order valence-electron chi connectivity index (χ0n) is 10.5. The molecule has 0 amide bonds. The van der Waals surface area contributed by atoms with Gasteiger partial charge < -0.3 is 5.32 Å². The zero-order chi connectivity index (χ0) is 13.1. The Hall–Kier alpha value is -2.41. The van der Waals surface area contributed by atoms with E-state index in [4.69, 9.17) is 5.26 Å². The summed E-state index contributed by atoms with van der Waals surface area (Å²) in [5.74, 6) is 0.592. The molecule has 0 fully saturated rings. The van der Waals surface area contributed by atoms with E-state index in [1.807, 2.05) is 0 Å². The maximum Gasteiger partial charge on any atom is 0.166 e. The van der Waals surface area contributed by atoms with E-state index in [2.05, 4.69) is 45.8 Å². The van der Waals surface area contributed by atoms with Crippen molar-refractivity contribution in [2.45, 2.75) is 25.3 Å². The van der Waals surface area contributed by atoms with Gasteiger partial charge in [0.1, 0.15) is 6.07 Å². The van der Waals surface area contributed by atoms with Crippen LogP contribution in [0.3, 0.4) is 0 Å². The Balaban J connectivity index is 1.78. The third-order valence-electron chi connectivity index (χ3n) is 3.53. The molecule has 0 radical (unpaired) electrons. The van der Waals surface area contributed by atoms with Crippen LogP contribution < -0.4 is 5.32 Å². The minimum absolute atomic E-state index is 0.318. The van der Waals surface area contributed by atoms with Crippen LogP contribution in [0.5, 0.6) is 0 Å². The standard InChI is InChI=1S/C15H14N4/c16-10-13-7-8-17-19-15(13)18-14-6-5-11-3-1-2-4-12(11)9-14/h1-4,7-8,14H,5-6,9H2,(H,18,19). The molecule has 4 heteroatoms. The molecule has 19 heavy (non-hydrogen) atoms. The second kappa shape index (κ2) is 5.07. The lowest BCUT2D eigenvalue weighted by molar-refractivity contribution is 0.607. The van der Waals surface area contributed by atoms with Crippen LogP contribution in [0.25, 0.3) is 0 Å². The highest BCUT2D eigenvalue weighted by molar-refractivity contribution is 5.51. The number of rotatable bonds is 2. The molecule has 0 bridgehead atoms. The molecule has 0 saturated carbocycles. The lowest BCUT2D eigenvalue weighted by atomic mass is 9.88. The van der Waals surface area contributed by atoms with E-state index in [1.54, 1.807) is 12.3 Å². The highest BCUT2D eigenvalue weighted by atomic mass is 15.2. The number of hydrogen-bond acceptors (Lipinski definition) is 4. The van der Waals surface area contributed by atoms with Crippen molar-refractivity contribution in [2.75, 3.05) is 5.32 Å². The Labute approximate surface area is 112 Å². The van der Waals surface area contributed by atoms with Gasteiger partial charge in [-0.3, -0.25) is 0 Å². The second-order valence-electron chi connectivity index (χ2n) is 4.76. The number of aryl methyl sites for hydroxylation is 1. The molecule has 94 valence electrons. The largest absolute Gasteiger partial charge is 0.364 e. The van der Waals surface area contributed by atoms with Gasteiger partial charge in [0.05, 0.1) is 11.8 Å². The van der Waals surface area contributed by atoms with Crippen molar-refractivity contribution in [3.63, 3.8) is 0 Å². The monoisotopic (exact) mass is 250 g/mol. The van der Waals surface area contributed by atoms with Crippen molar-refractivity contribution in [1.82, 2.24) is 10.2 Å². The lowest BCUT2D eigenvalue weighted by Gasteiger charge is -2.25. The molecule has 0 aliphatic heterocycles. The van der Waals surface area contributed by atoms with Crippen molar-refractivity contribution in [3.05, 3.63) is 53.2 Å². The fourth-order valence-corrected chi connectivity index (χ4v) is 2.54. The Morgan fingerprint density at radius 3 is 2.89 bits per heavy atom. The van der Waals surface area contributed by atoms with E-state index in [0.29, 0.717) is 17.4 Å². The third-order valence-corrected chi connectivity index (χ3v) is 3.53. The highest BCUT2D eigenvalue weighted by Crippen LogP contribution is 2.23. The minimum atomic E-state index is 0.318. The molecule has 1 aliphatic carbocycles. The number of hydrogen-bond donors (Lipinski definition) is 1. The van der Waals surface area contributed by atoms with Crippen LogP contribution in [0.15, 0.2) is 36.5 Å². The summed E-state index contributed by atoms with van der Waals surface area (Å²) in [6.45, 7) is 0. The number of nitrogens with zero attached hydrogens (tertiary/aromatic N) is 3. The van der Waals surface area contributed by atoms with E-state index in [9.17, 15) is 0 Å². The molecule has 4 nitrogen and oxygen atoms in total. The summed E-state index contributed by atoms with van der Waals surface area (Å²) in [5.41, 5.74) is 3.36. The van der Waals surface area contributed by atoms with Crippen LogP contribution in [0.2, 0.25) is 0 Å². The minimum Gasteiger partial charge on any atom is -0.364 e. The van der Waals surface area contributed by atoms with E-state index in [1.165, 1.54) is 11.1 Å². The van der Waals surface area contributed by atoms with Crippen LogP contribution in [0, 0.1) is 11.3 Å². The van der Waals surface area contributed by atoms with Crippen molar-refractivity contribution in [3.8, 4) is 6.07 Å². The number of nitrogens with one attached hydrogen (secondary N) is 1. The van der Waals surface area contributed by atoms with Crippen molar-refractivity contribution in [1.29, 1.82) is 5.26 Å². The summed E-state index contributed by atoms with van der Waals surface area (Å²) in [7, 11) is 0. The molecule has 1 heterocycles. The van der Waals surface area contributed by atoms with Crippen molar-refractivity contribution >= 4 is 5.82 Å². The predicted octanol–water partition coefficient (Wildman–Crippen LogP) is 2.32. The topological polar surface area (TPSA) is 61.6 Å². The molecule has 2 aromatic rings. The molecule has 1 aliphatic rings. The number of anilines is 1. The van der Waals surface area contributed by atoms with Gasteiger partial charge in [0, 0.05) is 6.04 Å². The number of fused-ring (bicyclic) bond motifs is 1. The fraction of sp³-hybridized carbons (Fsp3) is 0.267. The number of aromatic nitrogens is 2. The fourth-order valence-electron chi connectivity index (χ4n) is 2.54. The van der Waals surface area contributed by atoms with Crippen LogP contribution in [-0.4, -0.2) is 16.2 Å².